The highest BCUT2D eigenvalue weighted by molar-refractivity contribution is 9.10. The van der Waals surface area contributed by atoms with Gasteiger partial charge in [0.15, 0.2) is 0 Å². The van der Waals surface area contributed by atoms with E-state index in [4.69, 9.17) is 11.6 Å². The largest absolute Gasteiger partial charge is 0.348 e. The van der Waals surface area contributed by atoms with E-state index < -0.39 is 0 Å². The molecule has 1 amide bonds. The Morgan fingerprint density at radius 1 is 1.26 bits per heavy atom. The fourth-order valence-corrected chi connectivity index (χ4v) is 3.48. The third-order valence-corrected chi connectivity index (χ3v) is 4.96. The Morgan fingerprint density at radius 2 is 2.13 bits per heavy atom. The molecule has 3 aromatic rings. The van der Waals surface area contributed by atoms with E-state index in [0.29, 0.717) is 17.1 Å². The zero-order valence-electron chi connectivity index (χ0n) is 11.9. The van der Waals surface area contributed by atoms with E-state index in [1.807, 2.05) is 29.6 Å². The van der Waals surface area contributed by atoms with Gasteiger partial charge in [-0.25, -0.2) is 0 Å². The fraction of sp³-hybridized carbons (Fsp3) is 0.0588. The van der Waals surface area contributed by atoms with Crippen LogP contribution in [-0.2, 0) is 6.54 Å². The average molecular weight is 408 g/mol. The second-order valence-electron chi connectivity index (χ2n) is 4.80. The van der Waals surface area contributed by atoms with Crippen molar-refractivity contribution in [3.8, 4) is 10.6 Å². The van der Waals surface area contributed by atoms with Gasteiger partial charge < -0.3 is 5.32 Å². The maximum absolute atomic E-state index is 12.4. The second-order valence-corrected chi connectivity index (χ2v) is 7.07. The topological polar surface area (TPSA) is 42.0 Å². The Morgan fingerprint density at radius 3 is 2.91 bits per heavy atom. The molecule has 3 nitrogen and oxygen atoms in total. The van der Waals surface area contributed by atoms with E-state index in [1.54, 1.807) is 35.7 Å². The molecule has 1 aromatic carbocycles. The first-order chi connectivity index (χ1) is 11.1. The maximum atomic E-state index is 12.4. The zero-order chi connectivity index (χ0) is 16.2. The Labute approximate surface area is 151 Å². The summed E-state index contributed by atoms with van der Waals surface area (Å²) >= 11 is 11.1. The van der Waals surface area contributed by atoms with E-state index in [-0.39, 0.29) is 5.91 Å². The monoisotopic (exact) mass is 406 g/mol. The lowest BCUT2D eigenvalue weighted by molar-refractivity contribution is 0.0951. The first kappa shape index (κ1) is 16.2. The van der Waals surface area contributed by atoms with Crippen LogP contribution in [-0.4, -0.2) is 10.9 Å². The number of carbonyl (C=O) groups excluding carboxylic acids is 1. The molecule has 3 rings (SSSR count). The number of aromatic nitrogens is 1. The molecule has 0 saturated carbocycles. The number of amides is 1. The predicted octanol–water partition coefficient (Wildman–Crippen LogP) is 5.16. The summed E-state index contributed by atoms with van der Waals surface area (Å²) in [5, 5.41) is 5.34. The molecule has 0 unspecified atom stereocenters. The van der Waals surface area contributed by atoms with Crippen molar-refractivity contribution in [1.82, 2.24) is 10.3 Å². The van der Waals surface area contributed by atoms with Crippen LogP contribution in [0, 0.1) is 0 Å². The lowest BCUT2D eigenvalue weighted by atomic mass is 10.1. The van der Waals surface area contributed by atoms with Crippen LogP contribution >= 0.6 is 38.9 Å². The van der Waals surface area contributed by atoms with E-state index in [1.165, 1.54) is 0 Å². The number of nitrogens with one attached hydrogen (secondary N) is 1. The highest BCUT2D eigenvalue weighted by Crippen LogP contribution is 2.26. The molecule has 2 aromatic heterocycles. The molecule has 23 heavy (non-hydrogen) atoms. The molecule has 0 aliphatic heterocycles. The molecule has 116 valence electrons. The Kier molecular flexibility index (Phi) is 5.10. The number of thiophene rings is 1. The van der Waals surface area contributed by atoms with E-state index in [9.17, 15) is 4.79 Å². The van der Waals surface area contributed by atoms with Gasteiger partial charge in [0.25, 0.3) is 5.91 Å². The molecule has 0 saturated heterocycles. The van der Waals surface area contributed by atoms with Crippen LogP contribution in [0.25, 0.3) is 10.6 Å². The van der Waals surface area contributed by atoms with Gasteiger partial charge in [-0.3, -0.25) is 9.78 Å². The number of carbonyl (C=O) groups is 1. The normalized spacial score (nSPS) is 10.5. The van der Waals surface area contributed by atoms with Crippen LogP contribution < -0.4 is 5.32 Å². The third-order valence-electron chi connectivity index (χ3n) is 3.26. The van der Waals surface area contributed by atoms with E-state index in [0.717, 1.165) is 20.6 Å². The summed E-state index contributed by atoms with van der Waals surface area (Å²) < 4.78 is 0.813. The molecule has 1 N–H and O–H groups in total. The molecule has 2 heterocycles. The smallest absolute Gasteiger partial charge is 0.253 e. The van der Waals surface area contributed by atoms with Crippen molar-refractivity contribution >= 4 is 44.8 Å². The van der Waals surface area contributed by atoms with Crippen LogP contribution in [0.2, 0.25) is 5.02 Å². The van der Waals surface area contributed by atoms with Gasteiger partial charge in [-0.05, 0) is 41.3 Å². The number of hydrogen-bond acceptors (Lipinski definition) is 3. The van der Waals surface area contributed by atoms with Gasteiger partial charge in [0.1, 0.15) is 0 Å². The minimum atomic E-state index is -0.211. The van der Waals surface area contributed by atoms with Crippen molar-refractivity contribution in [3.63, 3.8) is 0 Å². The third kappa shape index (κ3) is 3.80. The van der Waals surface area contributed by atoms with Crippen molar-refractivity contribution in [2.75, 3.05) is 0 Å². The fourth-order valence-electron chi connectivity index (χ4n) is 2.16. The van der Waals surface area contributed by atoms with Crippen molar-refractivity contribution in [1.29, 1.82) is 0 Å². The van der Waals surface area contributed by atoms with Crippen molar-refractivity contribution in [2.24, 2.45) is 0 Å². The number of benzene rings is 1. The van der Waals surface area contributed by atoms with Crippen LogP contribution in [0.4, 0.5) is 0 Å². The molecule has 0 atom stereocenters. The second kappa shape index (κ2) is 7.25. The summed E-state index contributed by atoms with van der Waals surface area (Å²) in [5.41, 5.74) is 2.31. The molecule has 0 aliphatic rings. The molecule has 0 spiro atoms. The highest BCUT2D eigenvalue weighted by Gasteiger charge is 2.12. The number of nitrogens with zero attached hydrogens (tertiary/aromatic N) is 1. The summed E-state index contributed by atoms with van der Waals surface area (Å²) in [7, 11) is 0. The van der Waals surface area contributed by atoms with E-state index in [2.05, 4.69) is 26.2 Å². The Hall–Kier alpha value is -1.69. The summed E-state index contributed by atoms with van der Waals surface area (Å²) in [6.07, 6.45) is 1.76. The van der Waals surface area contributed by atoms with Crippen LogP contribution in [0.15, 0.2) is 58.5 Å². The number of rotatable bonds is 4. The molecule has 0 fully saturated rings. The number of halogens is 2. The molecule has 0 aliphatic carbocycles. The first-order valence-corrected chi connectivity index (χ1v) is 8.91. The Bertz CT molecular complexity index is 836. The molecule has 6 heteroatoms. The van der Waals surface area contributed by atoms with Gasteiger partial charge in [0, 0.05) is 17.2 Å². The predicted molar refractivity (Wildman–Crippen MR) is 97.9 cm³/mol. The SMILES string of the molecule is O=C(NCc1cccnc1-c1cccs1)c1cc(Br)ccc1Cl. The van der Waals surface area contributed by atoms with E-state index >= 15 is 0 Å². The quantitative estimate of drug-likeness (QED) is 0.649. The van der Waals surface area contributed by atoms with Crippen LogP contribution in [0.5, 0.6) is 0 Å². The molecule has 0 bridgehead atoms. The average Bonchev–Trinajstić information content (AvgIpc) is 3.09. The number of hydrogen-bond donors (Lipinski definition) is 1. The first-order valence-electron chi connectivity index (χ1n) is 6.86. The lowest BCUT2D eigenvalue weighted by Gasteiger charge is -2.10. The number of pyridine rings is 1. The van der Waals surface area contributed by atoms with Crippen LogP contribution in [0.3, 0.4) is 0 Å². The van der Waals surface area contributed by atoms with Crippen molar-refractivity contribution in [3.05, 3.63) is 74.7 Å². The summed E-state index contributed by atoms with van der Waals surface area (Å²) in [6.45, 7) is 0.392. The Balaban J connectivity index is 1.79. The highest BCUT2D eigenvalue weighted by atomic mass is 79.9. The van der Waals surface area contributed by atoms with Gasteiger partial charge in [0.2, 0.25) is 0 Å². The van der Waals surface area contributed by atoms with Gasteiger partial charge >= 0.3 is 0 Å². The zero-order valence-corrected chi connectivity index (χ0v) is 15.1. The summed E-state index contributed by atoms with van der Waals surface area (Å²) in [6, 6.07) is 13.0. The minimum absolute atomic E-state index is 0.211. The van der Waals surface area contributed by atoms with Crippen molar-refractivity contribution in [2.45, 2.75) is 6.54 Å². The summed E-state index contributed by atoms with van der Waals surface area (Å²) in [4.78, 5) is 17.9. The van der Waals surface area contributed by atoms with Gasteiger partial charge in [-0.15, -0.1) is 11.3 Å². The van der Waals surface area contributed by atoms with Gasteiger partial charge in [0.05, 0.1) is 21.2 Å². The standard InChI is InChI=1S/C17H12BrClN2OS/c18-12-5-6-14(19)13(9-12)17(22)21-10-11-3-1-7-20-16(11)15-4-2-8-23-15/h1-9H,10H2,(H,21,22). The summed E-state index contributed by atoms with van der Waals surface area (Å²) in [5.74, 6) is -0.211. The lowest BCUT2D eigenvalue weighted by Crippen LogP contribution is -2.23. The van der Waals surface area contributed by atoms with Crippen LogP contribution in [0.1, 0.15) is 15.9 Å². The van der Waals surface area contributed by atoms with Crippen molar-refractivity contribution < 1.29 is 4.79 Å². The van der Waals surface area contributed by atoms with Gasteiger partial charge in [-0.2, -0.15) is 0 Å². The molecule has 0 radical (unpaired) electrons. The van der Waals surface area contributed by atoms with Gasteiger partial charge in [-0.1, -0.05) is 39.7 Å². The maximum Gasteiger partial charge on any atom is 0.253 e. The molecular formula is C17H12BrClN2OS. The minimum Gasteiger partial charge on any atom is -0.348 e. The molecular weight excluding hydrogens is 396 g/mol.